The van der Waals surface area contributed by atoms with Gasteiger partial charge in [0.2, 0.25) is 0 Å². The summed E-state index contributed by atoms with van der Waals surface area (Å²) >= 11 is 1.10. The lowest BCUT2D eigenvalue weighted by Gasteiger charge is -2.19. The molecule has 0 saturated carbocycles. The molecule has 2 unspecified atom stereocenters. The summed E-state index contributed by atoms with van der Waals surface area (Å²) in [6, 6.07) is 0. The highest BCUT2D eigenvalue weighted by Crippen LogP contribution is 2.27. The lowest BCUT2D eigenvalue weighted by molar-refractivity contribution is -0.109. The number of carbonyl (C=O) groups is 1. The van der Waals surface area contributed by atoms with Crippen LogP contribution in [0.3, 0.4) is 0 Å². The van der Waals surface area contributed by atoms with E-state index in [0.29, 0.717) is 11.3 Å². The van der Waals surface area contributed by atoms with Crippen molar-refractivity contribution in [2.24, 2.45) is 0 Å². The molecule has 0 aliphatic carbocycles. The van der Waals surface area contributed by atoms with Crippen LogP contribution in [0, 0.1) is 0 Å². The highest BCUT2D eigenvalue weighted by atomic mass is 32.2. The predicted molar refractivity (Wildman–Crippen MR) is 71.8 cm³/mol. The van der Waals surface area contributed by atoms with Crippen LogP contribution in [-0.4, -0.2) is 32.2 Å². The van der Waals surface area contributed by atoms with Gasteiger partial charge in [0.1, 0.15) is 6.10 Å². The van der Waals surface area contributed by atoms with E-state index >= 15 is 0 Å². The quantitative estimate of drug-likeness (QED) is 0.607. The number of aliphatic hydroxyl groups excluding tert-OH is 2. The monoisotopic (exact) mass is 271 g/mol. The number of aromatic nitrogens is 1. The number of nitrogen functional groups attached to an aromatic ring is 2. The molecule has 18 heavy (non-hydrogen) atoms. The highest BCUT2D eigenvalue weighted by molar-refractivity contribution is 8.13. The number of hydrogen-bond donors (Lipinski definition) is 4. The fraction of sp³-hybridized carbons (Fsp3) is 0.455. The number of aliphatic hydroxyl groups is 2. The third-order valence-corrected chi connectivity index (χ3v) is 3.30. The predicted octanol–water partition coefficient (Wildman–Crippen LogP) is 0.310. The first kappa shape index (κ1) is 14.7. The summed E-state index contributed by atoms with van der Waals surface area (Å²) in [7, 11) is 0. The average Bonchev–Trinajstić information content (AvgIpc) is 2.31. The molecule has 0 radical (unpaired) electrons. The molecule has 6 nitrogen and oxygen atoms in total. The minimum atomic E-state index is -1.16. The van der Waals surface area contributed by atoms with E-state index in [-0.39, 0.29) is 22.9 Å². The Labute approximate surface area is 109 Å². The van der Waals surface area contributed by atoms with Crippen molar-refractivity contribution in [1.82, 2.24) is 4.98 Å². The number of pyridine rings is 1. The van der Waals surface area contributed by atoms with Gasteiger partial charge in [-0.2, -0.15) is 0 Å². The second-order valence-electron chi connectivity index (χ2n) is 3.87. The Kier molecular flexibility index (Phi) is 5.39. The molecule has 0 fully saturated rings. The fourth-order valence-corrected chi connectivity index (χ4v) is 2.07. The Bertz CT molecular complexity index is 428. The van der Waals surface area contributed by atoms with Crippen molar-refractivity contribution < 1.29 is 15.0 Å². The van der Waals surface area contributed by atoms with E-state index in [4.69, 9.17) is 11.5 Å². The topological polar surface area (TPSA) is 122 Å². The van der Waals surface area contributed by atoms with Crippen molar-refractivity contribution in [2.75, 3.05) is 17.2 Å². The second kappa shape index (κ2) is 6.58. The van der Waals surface area contributed by atoms with Crippen LogP contribution in [0.5, 0.6) is 0 Å². The van der Waals surface area contributed by atoms with Crippen molar-refractivity contribution in [1.29, 1.82) is 0 Å². The SMILES string of the molecule is CC(=O)SCCC(O)C(O)c1cncc(N)c1N. The Balaban J connectivity index is 2.65. The van der Waals surface area contributed by atoms with Gasteiger partial charge in [0.25, 0.3) is 0 Å². The number of rotatable bonds is 5. The first-order chi connectivity index (χ1) is 8.43. The summed E-state index contributed by atoms with van der Waals surface area (Å²) < 4.78 is 0. The molecule has 0 bridgehead atoms. The van der Waals surface area contributed by atoms with Crippen molar-refractivity contribution in [3.63, 3.8) is 0 Å². The third kappa shape index (κ3) is 3.86. The van der Waals surface area contributed by atoms with E-state index in [9.17, 15) is 15.0 Å². The summed E-state index contributed by atoms with van der Waals surface area (Å²) in [5.74, 6) is 0.434. The number of thioether (sulfide) groups is 1. The van der Waals surface area contributed by atoms with Gasteiger partial charge in [-0.05, 0) is 6.42 Å². The zero-order chi connectivity index (χ0) is 13.7. The minimum absolute atomic E-state index is 0.0261. The molecule has 0 aliphatic heterocycles. The van der Waals surface area contributed by atoms with Gasteiger partial charge in [-0.25, -0.2) is 0 Å². The van der Waals surface area contributed by atoms with Crippen LogP contribution in [0.25, 0.3) is 0 Å². The number of anilines is 2. The van der Waals surface area contributed by atoms with Crippen LogP contribution < -0.4 is 11.5 Å². The smallest absolute Gasteiger partial charge is 0.185 e. The van der Waals surface area contributed by atoms with Gasteiger partial charge >= 0.3 is 0 Å². The zero-order valence-electron chi connectivity index (χ0n) is 10.0. The normalized spacial score (nSPS) is 14.2. The second-order valence-corrected chi connectivity index (χ2v) is 5.14. The summed E-state index contributed by atoms with van der Waals surface area (Å²) in [5, 5.41) is 19.7. The first-order valence-electron chi connectivity index (χ1n) is 5.41. The lowest BCUT2D eigenvalue weighted by atomic mass is 10.0. The van der Waals surface area contributed by atoms with Crippen LogP contribution in [0.15, 0.2) is 12.4 Å². The average molecular weight is 271 g/mol. The molecular formula is C11H17N3O3S. The van der Waals surface area contributed by atoms with Gasteiger partial charge in [-0.15, -0.1) is 0 Å². The van der Waals surface area contributed by atoms with Crippen LogP contribution in [-0.2, 0) is 4.79 Å². The molecule has 0 amide bonds. The van der Waals surface area contributed by atoms with Crippen molar-refractivity contribution in [2.45, 2.75) is 25.6 Å². The molecular weight excluding hydrogens is 254 g/mol. The molecule has 0 aliphatic rings. The fourth-order valence-electron chi connectivity index (χ4n) is 1.43. The summed E-state index contributed by atoms with van der Waals surface area (Å²) in [5.41, 5.74) is 12.1. The minimum Gasteiger partial charge on any atom is -0.397 e. The molecule has 1 heterocycles. The van der Waals surface area contributed by atoms with Gasteiger partial charge in [-0.1, -0.05) is 11.8 Å². The number of nitrogens with two attached hydrogens (primary N) is 2. The largest absolute Gasteiger partial charge is 0.397 e. The van der Waals surface area contributed by atoms with Crippen LogP contribution in [0.4, 0.5) is 11.4 Å². The van der Waals surface area contributed by atoms with E-state index in [0.717, 1.165) is 11.8 Å². The third-order valence-electron chi connectivity index (χ3n) is 2.45. The first-order valence-corrected chi connectivity index (χ1v) is 6.40. The van der Waals surface area contributed by atoms with Crippen molar-refractivity contribution in [3.8, 4) is 0 Å². The van der Waals surface area contributed by atoms with E-state index in [1.165, 1.54) is 19.3 Å². The molecule has 2 atom stereocenters. The molecule has 0 spiro atoms. The molecule has 1 aromatic heterocycles. The maximum absolute atomic E-state index is 10.7. The number of carbonyl (C=O) groups excluding carboxylic acids is 1. The van der Waals surface area contributed by atoms with Crippen LogP contribution in [0.1, 0.15) is 25.0 Å². The highest BCUT2D eigenvalue weighted by Gasteiger charge is 2.21. The number of hydrogen-bond acceptors (Lipinski definition) is 7. The number of nitrogens with zero attached hydrogens (tertiary/aromatic N) is 1. The van der Waals surface area contributed by atoms with Crippen LogP contribution in [0.2, 0.25) is 0 Å². The Morgan fingerprint density at radius 3 is 2.72 bits per heavy atom. The molecule has 1 aromatic rings. The lowest BCUT2D eigenvalue weighted by Crippen LogP contribution is -2.21. The molecule has 0 aromatic carbocycles. The standard InChI is InChI=1S/C11H17N3O3S/c1-6(15)18-3-2-9(16)11(17)7-4-14-5-8(12)10(7)13/h4-5,9,11,16-17H,2-3,12H2,1H3,(H2,13,14). The maximum Gasteiger partial charge on any atom is 0.185 e. The molecule has 1 rings (SSSR count). The van der Waals surface area contributed by atoms with Gasteiger partial charge in [0, 0.05) is 24.4 Å². The Hall–Kier alpha value is -1.31. The van der Waals surface area contributed by atoms with E-state index < -0.39 is 12.2 Å². The van der Waals surface area contributed by atoms with Crippen molar-refractivity contribution >= 4 is 28.3 Å². The van der Waals surface area contributed by atoms with Gasteiger partial charge < -0.3 is 21.7 Å². The summed E-state index contributed by atoms with van der Waals surface area (Å²) in [6.07, 6.45) is 0.859. The van der Waals surface area contributed by atoms with Crippen LogP contribution >= 0.6 is 11.8 Å². The van der Waals surface area contributed by atoms with E-state index in [1.54, 1.807) is 0 Å². The van der Waals surface area contributed by atoms with E-state index in [1.807, 2.05) is 0 Å². The van der Waals surface area contributed by atoms with Gasteiger partial charge in [0.15, 0.2) is 5.12 Å². The molecule has 100 valence electrons. The molecule has 7 heteroatoms. The maximum atomic E-state index is 10.7. The molecule has 6 N–H and O–H groups in total. The Morgan fingerprint density at radius 1 is 1.44 bits per heavy atom. The van der Waals surface area contributed by atoms with Crippen molar-refractivity contribution in [3.05, 3.63) is 18.0 Å². The summed E-state index contributed by atoms with van der Waals surface area (Å²) in [4.78, 5) is 14.6. The molecule has 0 saturated heterocycles. The Morgan fingerprint density at radius 2 is 2.11 bits per heavy atom. The zero-order valence-corrected chi connectivity index (χ0v) is 10.9. The van der Waals surface area contributed by atoms with Gasteiger partial charge in [-0.3, -0.25) is 9.78 Å². The summed E-state index contributed by atoms with van der Waals surface area (Å²) in [6.45, 7) is 1.45. The van der Waals surface area contributed by atoms with Gasteiger partial charge in [0.05, 0.1) is 23.7 Å². The van der Waals surface area contributed by atoms with E-state index in [2.05, 4.69) is 4.98 Å².